The van der Waals surface area contributed by atoms with Crippen molar-refractivity contribution in [3.05, 3.63) is 12.2 Å². The molecular formula is C11H20F3N3. The molecule has 0 aromatic heterocycles. The van der Waals surface area contributed by atoms with E-state index in [0.29, 0.717) is 26.2 Å². The van der Waals surface area contributed by atoms with Gasteiger partial charge in [-0.05, 0) is 12.6 Å². The standard InChI is InChI=1S/C11H20F3N3/c1-10(7-15-2)8-16-3-5-17(6-4-16)9-11(12,13)14/h15H,1,3-9H2,2H3. The van der Waals surface area contributed by atoms with Gasteiger partial charge in [-0.15, -0.1) is 0 Å². The molecule has 1 saturated heterocycles. The average Bonchev–Trinajstić information content (AvgIpc) is 2.19. The highest BCUT2D eigenvalue weighted by Crippen LogP contribution is 2.17. The first-order valence-corrected chi connectivity index (χ1v) is 5.73. The minimum atomic E-state index is -4.09. The number of nitrogens with zero attached hydrogens (tertiary/aromatic N) is 2. The van der Waals surface area contributed by atoms with Gasteiger partial charge in [-0.3, -0.25) is 9.80 Å². The van der Waals surface area contributed by atoms with Gasteiger partial charge in [0.05, 0.1) is 6.54 Å². The van der Waals surface area contributed by atoms with Crippen LogP contribution in [0.25, 0.3) is 0 Å². The van der Waals surface area contributed by atoms with Crippen LogP contribution in [-0.2, 0) is 0 Å². The van der Waals surface area contributed by atoms with Crippen LogP contribution in [0.4, 0.5) is 13.2 Å². The van der Waals surface area contributed by atoms with Gasteiger partial charge in [-0.25, -0.2) is 0 Å². The molecule has 0 spiro atoms. The molecule has 1 fully saturated rings. The molecule has 0 amide bonds. The van der Waals surface area contributed by atoms with Crippen molar-refractivity contribution in [2.24, 2.45) is 0 Å². The molecule has 0 saturated carbocycles. The maximum absolute atomic E-state index is 12.2. The summed E-state index contributed by atoms with van der Waals surface area (Å²) in [6.07, 6.45) is -4.09. The maximum Gasteiger partial charge on any atom is 0.401 e. The first-order valence-electron chi connectivity index (χ1n) is 5.73. The van der Waals surface area contributed by atoms with E-state index in [4.69, 9.17) is 0 Å². The van der Waals surface area contributed by atoms with Crippen molar-refractivity contribution >= 4 is 0 Å². The van der Waals surface area contributed by atoms with E-state index in [1.807, 2.05) is 7.05 Å². The lowest BCUT2D eigenvalue weighted by Gasteiger charge is -2.35. The predicted octanol–water partition coefficient (Wildman–Crippen LogP) is 0.942. The van der Waals surface area contributed by atoms with Crippen molar-refractivity contribution in [2.75, 3.05) is 52.9 Å². The van der Waals surface area contributed by atoms with Gasteiger partial charge < -0.3 is 5.32 Å². The van der Waals surface area contributed by atoms with E-state index in [2.05, 4.69) is 16.8 Å². The summed E-state index contributed by atoms with van der Waals surface area (Å²) in [5.41, 5.74) is 1.07. The van der Waals surface area contributed by atoms with E-state index in [1.165, 1.54) is 4.90 Å². The quantitative estimate of drug-likeness (QED) is 0.734. The lowest BCUT2D eigenvalue weighted by molar-refractivity contribution is -0.149. The highest BCUT2D eigenvalue weighted by molar-refractivity contribution is 5.00. The second-order valence-electron chi connectivity index (χ2n) is 4.45. The fourth-order valence-electron chi connectivity index (χ4n) is 1.98. The zero-order valence-electron chi connectivity index (χ0n) is 10.2. The summed E-state index contributed by atoms with van der Waals surface area (Å²) in [5.74, 6) is 0. The van der Waals surface area contributed by atoms with Gasteiger partial charge in [-0.1, -0.05) is 6.58 Å². The van der Waals surface area contributed by atoms with E-state index in [9.17, 15) is 13.2 Å². The topological polar surface area (TPSA) is 18.5 Å². The van der Waals surface area contributed by atoms with Gasteiger partial charge in [0, 0.05) is 39.3 Å². The summed E-state index contributed by atoms with van der Waals surface area (Å²) in [7, 11) is 1.85. The molecule has 0 atom stereocenters. The molecule has 1 rings (SSSR count). The van der Waals surface area contributed by atoms with Gasteiger partial charge in [0.1, 0.15) is 0 Å². The van der Waals surface area contributed by atoms with Crippen molar-refractivity contribution < 1.29 is 13.2 Å². The zero-order valence-corrected chi connectivity index (χ0v) is 10.2. The number of alkyl halides is 3. The third-order valence-corrected chi connectivity index (χ3v) is 2.74. The van der Waals surface area contributed by atoms with Crippen LogP contribution in [0, 0.1) is 0 Å². The summed E-state index contributed by atoms with van der Waals surface area (Å²) < 4.78 is 36.5. The average molecular weight is 251 g/mol. The number of piperazine rings is 1. The Kier molecular flexibility index (Phi) is 5.42. The Bertz CT molecular complexity index is 245. The number of nitrogens with one attached hydrogen (secondary N) is 1. The number of rotatable bonds is 5. The fourth-order valence-corrected chi connectivity index (χ4v) is 1.98. The Morgan fingerprint density at radius 2 is 1.71 bits per heavy atom. The molecule has 1 aliphatic rings. The summed E-state index contributed by atoms with van der Waals surface area (Å²) in [6.45, 7) is 6.96. The molecule has 0 radical (unpaired) electrons. The molecule has 17 heavy (non-hydrogen) atoms. The minimum absolute atomic E-state index is 0.479. The van der Waals surface area contributed by atoms with Crippen LogP contribution in [0.3, 0.4) is 0 Å². The smallest absolute Gasteiger partial charge is 0.316 e. The summed E-state index contributed by atoms with van der Waals surface area (Å²) >= 11 is 0. The maximum atomic E-state index is 12.2. The molecule has 1 aliphatic heterocycles. The molecule has 100 valence electrons. The SMILES string of the molecule is C=C(CNC)CN1CCN(CC(F)(F)F)CC1. The van der Waals surface area contributed by atoms with Crippen LogP contribution in [-0.4, -0.2) is 68.8 Å². The van der Waals surface area contributed by atoms with Gasteiger partial charge >= 0.3 is 6.18 Å². The molecule has 0 bridgehead atoms. The molecule has 0 aromatic carbocycles. The van der Waals surface area contributed by atoms with E-state index < -0.39 is 12.7 Å². The van der Waals surface area contributed by atoms with Gasteiger partial charge in [0.25, 0.3) is 0 Å². The van der Waals surface area contributed by atoms with Gasteiger partial charge in [-0.2, -0.15) is 13.2 Å². The lowest BCUT2D eigenvalue weighted by atomic mass is 10.2. The van der Waals surface area contributed by atoms with Crippen LogP contribution < -0.4 is 5.32 Å². The normalized spacial score (nSPS) is 19.5. The zero-order chi connectivity index (χ0) is 12.9. The van der Waals surface area contributed by atoms with Crippen LogP contribution in [0.2, 0.25) is 0 Å². The first-order chi connectivity index (χ1) is 7.90. The van der Waals surface area contributed by atoms with Crippen molar-refractivity contribution in [2.45, 2.75) is 6.18 Å². The molecule has 0 aliphatic carbocycles. The Labute approximate surface area is 100 Å². The van der Waals surface area contributed by atoms with Crippen LogP contribution >= 0.6 is 0 Å². The van der Waals surface area contributed by atoms with Gasteiger partial charge in [0.15, 0.2) is 0 Å². The number of halogens is 3. The largest absolute Gasteiger partial charge is 0.401 e. The van der Waals surface area contributed by atoms with Crippen molar-refractivity contribution in [3.8, 4) is 0 Å². The van der Waals surface area contributed by atoms with Gasteiger partial charge in [0.2, 0.25) is 0 Å². The van der Waals surface area contributed by atoms with Crippen molar-refractivity contribution in [1.29, 1.82) is 0 Å². The third-order valence-electron chi connectivity index (χ3n) is 2.74. The van der Waals surface area contributed by atoms with Crippen LogP contribution in [0.5, 0.6) is 0 Å². The van der Waals surface area contributed by atoms with E-state index in [0.717, 1.165) is 18.7 Å². The highest BCUT2D eigenvalue weighted by atomic mass is 19.4. The van der Waals surface area contributed by atoms with Crippen molar-refractivity contribution in [3.63, 3.8) is 0 Å². The molecular weight excluding hydrogens is 231 g/mol. The summed E-state index contributed by atoms with van der Waals surface area (Å²) in [5, 5.41) is 3.01. The Morgan fingerprint density at radius 3 is 2.18 bits per heavy atom. The number of hydrogen-bond donors (Lipinski definition) is 1. The summed E-state index contributed by atoms with van der Waals surface area (Å²) in [6, 6.07) is 0. The molecule has 1 heterocycles. The Balaban J connectivity index is 2.24. The molecule has 6 heteroatoms. The Morgan fingerprint density at radius 1 is 1.18 bits per heavy atom. The molecule has 3 nitrogen and oxygen atoms in total. The first kappa shape index (κ1) is 14.5. The number of likely N-dealkylation sites (N-methyl/N-ethyl adjacent to an activating group) is 1. The minimum Gasteiger partial charge on any atom is -0.316 e. The number of hydrogen-bond acceptors (Lipinski definition) is 3. The third kappa shape index (κ3) is 6.05. The molecule has 1 N–H and O–H groups in total. The van der Waals surface area contributed by atoms with Crippen LogP contribution in [0.15, 0.2) is 12.2 Å². The van der Waals surface area contributed by atoms with E-state index in [-0.39, 0.29) is 0 Å². The monoisotopic (exact) mass is 251 g/mol. The molecule has 0 aromatic rings. The predicted molar refractivity (Wildman–Crippen MR) is 62.0 cm³/mol. The summed E-state index contributed by atoms with van der Waals surface area (Å²) in [4.78, 5) is 3.60. The fraction of sp³-hybridized carbons (Fsp3) is 0.818. The molecule has 0 unspecified atom stereocenters. The second kappa shape index (κ2) is 6.37. The highest BCUT2D eigenvalue weighted by Gasteiger charge is 2.31. The van der Waals surface area contributed by atoms with E-state index >= 15 is 0 Å². The van der Waals surface area contributed by atoms with E-state index in [1.54, 1.807) is 0 Å². The second-order valence-corrected chi connectivity index (χ2v) is 4.45. The van der Waals surface area contributed by atoms with Crippen molar-refractivity contribution in [1.82, 2.24) is 15.1 Å². The van der Waals surface area contributed by atoms with Crippen LogP contribution in [0.1, 0.15) is 0 Å². The Hall–Kier alpha value is -0.590. The lowest BCUT2D eigenvalue weighted by Crippen LogP contribution is -2.49.